The maximum Gasteiger partial charge on any atom is 0.407 e. The van der Waals surface area contributed by atoms with Crippen LogP contribution in [0.4, 0.5) is 4.79 Å². The smallest absolute Gasteiger partial charge is 0.407 e. The third kappa shape index (κ3) is 3.89. The van der Waals surface area contributed by atoms with Crippen LogP contribution in [0.2, 0.25) is 0 Å². The van der Waals surface area contributed by atoms with Gasteiger partial charge in [-0.05, 0) is 23.3 Å². The van der Waals surface area contributed by atoms with E-state index >= 15 is 0 Å². The standard InChI is InChI=1S/C29H29N3O7/c1-37-13-12-32(27(34)35)17-21-24(19-6-4-3-5-7-19)29(20-10-8-18(14-30)9-11-20)28(36,26(21)33)25-22(38-2)15-31-16-23(25)39-29/h3-11,15-16,21,24,26,33,36H,12-13,17H2,1-2H3,(H,34,35)/t21-,24-,26-,28+,29+/m1/s1. The Morgan fingerprint density at radius 1 is 1.15 bits per heavy atom. The summed E-state index contributed by atoms with van der Waals surface area (Å²) >= 11 is 0. The molecule has 1 aromatic heterocycles. The van der Waals surface area contributed by atoms with E-state index in [-0.39, 0.29) is 36.8 Å². The minimum Gasteiger partial charge on any atom is -0.495 e. The van der Waals surface area contributed by atoms with Crippen molar-refractivity contribution in [2.75, 3.05) is 33.9 Å². The van der Waals surface area contributed by atoms with Gasteiger partial charge in [0, 0.05) is 32.0 Å². The molecule has 0 unspecified atom stereocenters. The van der Waals surface area contributed by atoms with Crippen LogP contribution in [0.3, 0.4) is 0 Å². The first kappa shape index (κ1) is 26.4. The van der Waals surface area contributed by atoms with Crippen LogP contribution in [0.25, 0.3) is 0 Å². The van der Waals surface area contributed by atoms with Crippen LogP contribution >= 0.6 is 0 Å². The fraction of sp³-hybridized carbons (Fsp3) is 0.345. The second-order valence-corrected chi connectivity index (χ2v) is 9.73. The Labute approximate surface area is 225 Å². The Hall–Kier alpha value is -4.17. The van der Waals surface area contributed by atoms with Crippen molar-refractivity contribution in [1.82, 2.24) is 9.88 Å². The molecule has 0 bridgehead atoms. The number of pyridine rings is 1. The Morgan fingerprint density at radius 2 is 1.87 bits per heavy atom. The molecule has 0 spiro atoms. The molecule has 1 fully saturated rings. The van der Waals surface area contributed by atoms with Crippen LogP contribution in [0.1, 0.15) is 28.2 Å². The molecule has 10 heteroatoms. The summed E-state index contributed by atoms with van der Waals surface area (Å²) in [5, 5.41) is 44.3. The molecule has 2 aliphatic rings. The number of fused-ring (bicyclic) bond motifs is 3. The molecule has 3 N–H and O–H groups in total. The van der Waals surface area contributed by atoms with Gasteiger partial charge in [0.2, 0.25) is 0 Å². The van der Waals surface area contributed by atoms with E-state index in [1.54, 1.807) is 24.3 Å². The van der Waals surface area contributed by atoms with Crippen LogP contribution < -0.4 is 9.47 Å². The van der Waals surface area contributed by atoms with Gasteiger partial charge in [-0.2, -0.15) is 5.26 Å². The summed E-state index contributed by atoms with van der Waals surface area (Å²) in [6.07, 6.45) is 0.242. The molecule has 5 atom stereocenters. The number of carboxylic acid groups (broad SMARTS) is 1. The molecule has 39 heavy (non-hydrogen) atoms. The maximum absolute atomic E-state index is 12.8. The summed E-state index contributed by atoms with van der Waals surface area (Å²) in [4.78, 5) is 17.6. The highest BCUT2D eigenvalue weighted by Crippen LogP contribution is 2.69. The fourth-order valence-corrected chi connectivity index (χ4v) is 6.25. The molecular weight excluding hydrogens is 502 g/mol. The zero-order chi connectivity index (χ0) is 27.8. The molecule has 5 rings (SSSR count). The number of hydrogen-bond acceptors (Lipinski definition) is 8. The number of carbonyl (C=O) groups is 1. The molecule has 1 aliphatic carbocycles. The van der Waals surface area contributed by atoms with Gasteiger partial charge in [0.05, 0.1) is 49.4 Å². The van der Waals surface area contributed by atoms with E-state index in [0.29, 0.717) is 11.1 Å². The molecule has 0 radical (unpaired) electrons. The Balaban J connectivity index is 1.79. The average Bonchev–Trinajstić information content (AvgIpc) is 3.33. The number of methoxy groups -OCH3 is 2. The number of benzene rings is 2. The number of aliphatic hydroxyl groups excluding tert-OH is 1. The monoisotopic (exact) mass is 531 g/mol. The summed E-state index contributed by atoms with van der Waals surface area (Å²) in [5.41, 5.74) is -1.79. The molecule has 2 heterocycles. The maximum atomic E-state index is 12.8. The number of ether oxygens (including phenoxy) is 3. The first-order valence-corrected chi connectivity index (χ1v) is 12.5. The summed E-state index contributed by atoms with van der Waals surface area (Å²) in [6.45, 7) is 0.129. The molecule has 1 aliphatic heterocycles. The highest BCUT2D eigenvalue weighted by molar-refractivity contribution is 5.65. The number of amides is 1. The lowest BCUT2D eigenvalue weighted by Crippen LogP contribution is -2.52. The summed E-state index contributed by atoms with van der Waals surface area (Å²) in [7, 11) is 2.92. The Morgan fingerprint density at radius 3 is 2.49 bits per heavy atom. The van der Waals surface area contributed by atoms with E-state index in [2.05, 4.69) is 11.1 Å². The Kier molecular flexibility index (Phi) is 6.91. The number of hydrogen-bond donors (Lipinski definition) is 3. The second kappa shape index (κ2) is 10.2. The number of nitrogens with zero attached hydrogens (tertiary/aromatic N) is 3. The average molecular weight is 532 g/mol. The van der Waals surface area contributed by atoms with Crippen LogP contribution in [0.5, 0.6) is 11.5 Å². The second-order valence-electron chi connectivity index (χ2n) is 9.73. The van der Waals surface area contributed by atoms with Gasteiger partial charge in [-0.15, -0.1) is 0 Å². The van der Waals surface area contributed by atoms with Crippen molar-refractivity contribution >= 4 is 6.09 Å². The van der Waals surface area contributed by atoms with Crippen molar-refractivity contribution in [2.24, 2.45) is 5.92 Å². The van der Waals surface area contributed by atoms with Crippen molar-refractivity contribution in [1.29, 1.82) is 5.26 Å². The first-order valence-electron chi connectivity index (χ1n) is 12.5. The van der Waals surface area contributed by atoms with Crippen LogP contribution in [-0.2, 0) is 15.9 Å². The number of aromatic nitrogens is 1. The van der Waals surface area contributed by atoms with Crippen LogP contribution in [-0.4, -0.2) is 71.3 Å². The molecule has 1 saturated carbocycles. The molecule has 0 saturated heterocycles. The lowest BCUT2D eigenvalue weighted by atomic mass is 9.70. The third-order valence-electron chi connectivity index (χ3n) is 7.88. The van der Waals surface area contributed by atoms with Crippen LogP contribution in [0, 0.1) is 17.2 Å². The number of nitriles is 1. The third-order valence-corrected chi connectivity index (χ3v) is 7.88. The van der Waals surface area contributed by atoms with Gasteiger partial charge < -0.3 is 34.4 Å². The van der Waals surface area contributed by atoms with Gasteiger partial charge in [0.25, 0.3) is 0 Å². The van der Waals surface area contributed by atoms with Crippen molar-refractivity contribution < 1.29 is 34.3 Å². The molecular formula is C29H29N3O7. The Bertz CT molecular complexity index is 1390. The quantitative estimate of drug-likeness (QED) is 0.399. The van der Waals surface area contributed by atoms with E-state index in [0.717, 1.165) is 5.56 Å². The summed E-state index contributed by atoms with van der Waals surface area (Å²) in [5.74, 6) is -1.07. The molecule has 202 valence electrons. The highest BCUT2D eigenvalue weighted by Gasteiger charge is 2.76. The van der Waals surface area contributed by atoms with Crippen LogP contribution in [0.15, 0.2) is 67.0 Å². The van der Waals surface area contributed by atoms with Gasteiger partial charge >= 0.3 is 6.09 Å². The molecule has 3 aromatic rings. The van der Waals surface area contributed by atoms with Gasteiger partial charge in [0.15, 0.2) is 11.2 Å². The lowest BCUT2D eigenvalue weighted by molar-refractivity contribution is -0.152. The van der Waals surface area contributed by atoms with E-state index in [1.165, 1.54) is 31.5 Å². The summed E-state index contributed by atoms with van der Waals surface area (Å²) in [6, 6.07) is 18.0. The van der Waals surface area contributed by atoms with Crippen molar-refractivity contribution in [3.63, 3.8) is 0 Å². The zero-order valence-corrected chi connectivity index (χ0v) is 21.5. The number of aliphatic hydroxyl groups is 2. The van der Waals surface area contributed by atoms with E-state index < -0.39 is 35.2 Å². The van der Waals surface area contributed by atoms with Gasteiger partial charge in [0.1, 0.15) is 11.5 Å². The predicted octanol–water partition coefficient (Wildman–Crippen LogP) is 2.84. The zero-order valence-electron chi connectivity index (χ0n) is 21.5. The molecule has 2 aromatic carbocycles. The van der Waals surface area contributed by atoms with Gasteiger partial charge in [-0.25, -0.2) is 4.79 Å². The first-order chi connectivity index (χ1) is 18.8. The summed E-state index contributed by atoms with van der Waals surface area (Å²) < 4.78 is 17.4. The van der Waals surface area contributed by atoms with Crippen molar-refractivity contribution in [2.45, 2.75) is 23.2 Å². The highest BCUT2D eigenvalue weighted by atomic mass is 16.5. The fourth-order valence-electron chi connectivity index (χ4n) is 6.25. The number of rotatable bonds is 8. The van der Waals surface area contributed by atoms with Crippen molar-refractivity contribution in [3.8, 4) is 17.6 Å². The van der Waals surface area contributed by atoms with Gasteiger partial charge in [-0.3, -0.25) is 4.98 Å². The molecule has 1 amide bonds. The minimum absolute atomic E-state index is 0.0730. The normalized spacial score (nSPS) is 26.7. The largest absolute Gasteiger partial charge is 0.495 e. The van der Waals surface area contributed by atoms with Crippen molar-refractivity contribution in [3.05, 3.63) is 89.2 Å². The van der Waals surface area contributed by atoms with E-state index in [1.807, 2.05) is 30.3 Å². The SMILES string of the molecule is COCCN(C[C@H]1[C@@H](O)[C@@]2(O)c3c(OC)cncc3O[C@@]2(c2ccc(C#N)cc2)[C@@H]1c1ccccc1)C(=O)O. The lowest BCUT2D eigenvalue weighted by Gasteiger charge is -2.41. The van der Waals surface area contributed by atoms with E-state index in [4.69, 9.17) is 14.2 Å². The predicted molar refractivity (Wildman–Crippen MR) is 138 cm³/mol. The minimum atomic E-state index is -2.07. The van der Waals surface area contributed by atoms with E-state index in [9.17, 15) is 25.4 Å². The van der Waals surface area contributed by atoms with Gasteiger partial charge in [-0.1, -0.05) is 42.5 Å². The topological polar surface area (TPSA) is 145 Å². The molecule has 10 nitrogen and oxygen atoms in total.